The molecule has 1 N–H and O–H groups in total. The molecule has 1 aromatic heterocycles. The minimum atomic E-state index is -0.812. The number of hydrogen-bond donors (Lipinski definition) is 1. The highest BCUT2D eigenvalue weighted by Crippen LogP contribution is 2.40. The lowest BCUT2D eigenvalue weighted by atomic mass is 9.77. The van der Waals surface area contributed by atoms with Crippen molar-refractivity contribution in [3.63, 3.8) is 0 Å². The molecule has 0 spiro atoms. The van der Waals surface area contributed by atoms with Gasteiger partial charge in [0.25, 0.3) is 0 Å². The third-order valence-electron chi connectivity index (χ3n) is 3.66. The van der Waals surface area contributed by atoms with Crippen molar-refractivity contribution in [3.05, 3.63) is 36.5 Å². The van der Waals surface area contributed by atoms with Gasteiger partial charge in [-0.2, -0.15) is 0 Å². The molecule has 0 radical (unpaired) electrons. The molecule has 0 atom stereocenters. The van der Waals surface area contributed by atoms with E-state index in [1.54, 1.807) is 6.20 Å². The molecule has 1 fully saturated rings. The number of benzene rings is 1. The summed E-state index contributed by atoms with van der Waals surface area (Å²) in [7, 11) is 0. The van der Waals surface area contributed by atoms with Crippen LogP contribution in [0.3, 0.4) is 0 Å². The maximum Gasteiger partial charge on any atom is 0.307 e. The normalized spacial score (nSPS) is 16.8. The number of carboxylic acids is 1. The standard InChI is InChI=1S/C15H15NO3/c17-13(18)10-15(7-3-8-15)19-12-6-1-4-11-5-2-9-16-14(11)12/h1-2,4-6,9H,3,7-8,10H2,(H,17,18). The summed E-state index contributed by atoms with van der Waals surface area (Å²) in [6.07, 6.45) is 4.38. The van der Waals surface area contributed by atoms with Crippen molar-refractivity contribution in [3.8, 4) is 5.75 Å². The maximum absolute atomic E-state index is 11.0. The van der Waals surface area contributed by atoms with Gasteiger partial charge in [0, 0.05) is 11.6 Å². The molecule has 0 bridgehead atoms. The lowest BCUT2D eigenvalue weighted by Crippen LogP contribution is -2.45. The van der Waals surface area contributed by atoms with Crippen LogP contribution < -0.4 is 4.74 Å². The Bertz CT molecular complexity index is 614. The lowest BCUT2D eigenvalue weighted by molar-refractivity contribution is -0.144. The fourth-order valence-electron chi connectivity index (χ4n) is 2.55. The highest BCUT2D eigenvalue weighted by atomic mass is 16.5. The van der Waals surface area contributed by atoms with Gasteiger partial charge in [0.1, 0.15) is 16.9 Å². The van der Waals surface area contributed by atoms with Gasteiger partial charge in [-0.25, -0.2) is 0 Å². The van der Waals surface area contributed by atoms with E-state index >= 15 is 0 Å². The average molecular weight is 257 g/mol. The number of carbonyl (C=O) groups is 1. The summed E-state index contributed by atoms with van der Waals surface area (Å²) in [5.41, 5.74) is 0.249. The molecular weight excluding hydrogens is 242 g/mol. The van der Waals surface area contributed by atoms with Gasteiger partial charge in [-0.3, -0.25) is 9.78 Å². The monoisotopic (exact) mass is 257 g/mol. The van der Waals surface area contributed by atoms with E-state index in [4.69, 9.17) is 9.84 Å². The van der Waals surface area contributed by atoms with E-state index in [0.717, 1.165) is 30.2 Å². The van der Waals surface area contributed by atoms with Gasteiger partial charge < -0.3 is 9.84 Å². The van der Waals surface area contributed by atoms with Crippen LogP contribution >= 0.6 is 0 Å². The van der Waals surface area contributed by atoms with Crippen LogP contribution in [0.2, 0.25) is 0 Å². The number of pyridine rings is 1. The largest absolute Gasteiger partial charge is 0.484 e. The number of aliphatic carboxylic acids is 1. The number of aromatic nitrogens is 1. The minimum absolute atomic E-state index is 0.0518. The third kappa shape index (κ3) is 2.26. The van der Waals surface area contributed by atoms with Crippen molar-refractivity contribution in [2.75, 3.05) is 0 Å². The van der Waals surface area contributed by atoms with Crippen LogP contribution in [0.4, 0.5) is 0 Å². The molecule has 19 heavy (non-hydrogen) atoms. The molecule has 1 aromatic carbocycles. The van der Waals surface area contributed by atoms with Gasteiger partial charge in [0.15, 0.2) is 0 Å². The maximum atomic E-state index is 11.0. The molecule has 0 unspecified atom stereocenters. The molecule has 4 nitrogen and oxygen atoms in total. The summed E-state index contributed by atoms with van der Waals surface area (Å²) in [5.74, 6) is -0.132. The van der Waals surface area contributed by atoms with Gasteiger partial charge in [0.05, 0.1) is 6.42 Å². The van der Waals surface area contributed by atoms with E-state index in [-0.39, 0.29) is 6.42 Å². The van der Waals surface area contributed by atoms with Crippen LogP contribution in [0.15, 0.2) is 36.5 Å². The second-order valence-corrected chi connectivity index (χ2v) is 5.04. The van der Waals surface area contributed by atoms with Crippen molar-refractivity contribution < 1.29 is 14.6 Å². The van der Waals surface area contributed by atoms with Crippen LogP contribution in [-0.4, -0.2) is 21.7 Å². The summed E-state index contributed by atoms with van der Waals surface area (Å²) in [6.45, 7) is 0. The summed E-state index contributed by atoms with van der Waals surface area (Å²) < 4.78 is 6.02. The third-order valence-corrected chi connectivity index (χ3v) is 3.66. The Labute approximate surface area is 111 Å². The molecule has 0 aliphatic heterocycles. The van der Waals surface area contributed by atoms with Gasteiger partial charge in [-0.15, -0.1) is 0 Å². The number of carboxylic acid groups (broad SMARTS) is 1. The van der Waals surface area contributed by atoms with Crippen LogP contribution in [0.5, 0.6) is 5.75 Å². The van der Waals surface area contributed by atoms with E-state index in [0.29, 0.717) is 5.75 Å². The Morgan fingerprint density at radius 2 is 2.11 bits per heavy atom. The summed E-state index contributed by atoms with van der Waals surface area (Å²) in [4.78, 5) is 15.3. The second kappa shape index (κ2) is 4.53. The SMILES string of the molecule is O=C(O)CC1(Oc2cccc3cccnc23)CCC1. The van der Waals surface area contributed by atoms with Gasteiger partial charge in [-0.1, -0.05) is 18.2 Å². The van der Waals surface area contributed by atoms with Crippen LogP contribution in [-0.2, 0) is 4.79 Å². The Hall–Kier alpha value is -2.10. The van der Waals surface area contributed by atoms with Crippen molar-refractivity contribution in [1.82, 2.24) is 4.98 Å². The van der Waals surface area contributed by atoms with Crippen molar-refractivity contribution >= 4 is 16.9 Å². The number of hydrogen-bond acceptors (Lipinski definition) is 3. The van der Waals surface area contributed by atoms with Crippen LogP contribution in [0, 0.1) is 0 Å². The highest BCUT2D eigenvalue weighted by molar-refractivity contribution is 5.84. The average Bonchev–Trinajstić information content (AvgIpc) is 2.36. The fourth-order valence-corrected chi connectivity index (χ4v) is 2.55. The molecule has 1 heterocycles. The van der Waals surface area contributed by atoms with E-state index in [1.807, 2.05) is 30.3 Å². The first-order valence-corrected chi connectivity index (χ1v) is 6.43. The van der Waals surface area contributed by atoms with E-state index in [2.05, 4.69) is 4.98 Å². The molecule has 3 rings (SSSR count). The van der Waals surface area contributed by atoms with Gasteiger partial charge in [0.2, 0.25) is 0 Å². The van der Waals surface area contributed by atoms with Crippen molar-refractivity contribution in [1.29, 1.82) is 0 Å². The Kier molecular flexibility index (Phi) is 2.85. The molecule has 0 saturated heterocycles. The Morgan fingerprint density at radius 3 is 2.79 bits per heavy atom. The Morgan fingerprint density at radius 1 is 1.32 bits per heavy atom. The minimum Gasteiger partial charge on any atom is -0.484 e. The topological polar surface area (TPSA) is 59.4 Å². The first kappa shape index (κ1) is 12.0. The summed E-state index contributed by atoms with van der Waals surface area (Å²) in [6, 6.07) is 9.59. The molecule has 1 saturated carbocycles. The quantitative estimate of drug-likeness (QED) is 0.914. The first-order valence-electron chi connectivity index (χ1n) is 6.43. The highest BCUT2D eigenvalue weighted by Gasteiger charge is 2.41. The second-order valence-electron chi connectivity index (χ2n) is 5.04. The molecule has 98 valence electrons. The van der Waals surface area contributed by atoms with Crippen LogP contribution in [0.1, 0.15) is 25.7 Å². The summed E-state index contributed by atoms with van der Waals surface area (Å²) in [5, 5.41) is 10.0. The fraction of sp³-hybridized carbons (Fsp3) is 0.333. The Balaban J connectivity index is 1.94. The number of fused-ring (bicyclic) bond motifs is 1. The number of ether oxygens (including phenoxy) is 1. The zero-order valence-electron chi connectivity index (χ0n) is 10.5. The molecule has 1 aliphatic carbocycles. The lowest BCUT2D eigenvalue weighted by Gasteiger charge is -2.40. The summed E-state index contributed by atoms with van der Waals surface area (Å²) >= 11 is 0. The van der Waals surface area contributed by atoms with Gasteiger partial charge in [-0.05, 0) is 31.4 Å². The molecule has 4 heteroatoms. The first-order chi connectivity index (χ1) is 9.19. The predicted octanol–water partition coefficient (Wildman–Crippen LogP) is 3.01. The number of para-hydroxylation sites is 1. The smallest absolute Gasteiger partial charge is 0.307 e. The molecular formula is C15H15NO3. The van der Waals surface area contributed by atoms with E-state index in [1.165, 1.54) is 0 Å². The van der Waals surface area contributed by atoms with E-state index < -0.39 is 11.6 Å². The molecule has 2 aromatic rings. The number of rotatable bonds is 4. The zero-order chi connectivity index (χ0) is 13.3. The molecule has 1 aliphatic rings. The molecule has 0 amide bonds. The van der Waals surface area contributed by atoms with E-state index in [9.17, 15) is 4.79 Å². The number of nitrogens with zero attached hydrogens (tertiary/aromatic N) is 1. The van der Waals surface area contributed by atoms with Gasteiger partial charge >= 0.3 is 5.97 Å². The zero-order valence-corrected chi connectivity index (χ0v) is 10.5. The predicted molar refractivity (Wildman–Crippen MR) is 71.2 cm³/mol. The van der Waals surface area contributed by atoms with Crippen molar-refractivity contribution in [2.24, 2.45) is 0 Å². The van der Waals surface area contributed by atoms with Crippen LogP contribution in [0.25, 0.3) is 10.9 Å². The van der Waals surface area contributed by atoms with Crippen molar-refractivity contribution in [2.45, 2.75) is 31.3 Å².